The molecule has 0 atom stereocenters. The van der Waals surface area contributed by atoms with Crippen LogP contribution in [0.25, 0.3) is 0 Å². The maximum atomic E-state index is 5.24. The average molecular weight is 309 g/mol. The molecule has 0 bridgehead atoms. The average Bonchev–Trinajstić information content (AvgIpc) is 1.65. The van der Waals surface area contributed by atoms with Crippen LogP contribution in [0, 0.1) is 31.6 Å². The molecule has 0 unspecified atom stereocenters. The summed E-state index contributed by atoms with van der Waals surface area (Å²) in [6, 6.07) is 0. The summed E-state index contributed by atoms with van der Waals surface area (Å²) in [4.78, 5) is 0. The third-order valence-electron chi connectivity index (χ3n) is 0.484. The van der Waals surface area contributed by atoms with Gasteiger partial charge >= 0.3 is 56.0 Å². The van der Waals surface area contributed by atoms with E-state index in [1.54, 1.807) is 5.01 Å². The molecule has 0 amide bonds. The number of nitrogens with two attached hydrogens (primary N) is 1. The Balaban J connectivity index is 3.04. The van der Waals surface area contributed by atoms with Crippen LogP contribution in [0.1, 0.15) is 6.92 Å². The van der Waals surface area contributed by atoms with Gasteiger partial charge in [0.15, 0.2) is 0 Å². The van der Waals surface area contributed by atoms with Crippen molar-refractivity contribution < 1.29 is 28.7 Å². The minimum atomic E-state index is 0.753. The fourth-order valence-corrected chi connectivity index (χ4v) is 0.737. The molecule has 0 saturated carbocycles. The van der Waals surface area contributed by atoms with Gasteiger partial charge in [-0.3, -0.25) is 0 Å². The van der Waals surface area contributed by atoms with Crippen LogP contribution in [0.5, 0.6) is 0 Å². The SMILES string of the molecule is CCN(N)[C]#[U]. The first-order valence-corrected chi connectivity index (χ1v) is 3.84. The molecule has 3 heteroatoms. The Morgan fingerprint density at radius 1 is 2.00 bits per heavy atom. The van der Waals surface area contributed by atoms with E-state index in [4.69, 9.17) is 5.84 Å². The van der Waals surface area contributed by atoms with E-state index in [2.05, 4.69) is 2.94 Å². The van der Waals surface area contributed by atoms with E-state index >= 15 is 0 Å². The monoisotopic (exact) mass is 309 g/mol. The molecular formula is C3H7N2U. The molecule has 0 aliphatic carbocycles. The second-order valence-corrected chi connectivity index (χ2v) is 1.83. The first-order chi connectivity index (χ1) is 2.81. The number of hydrogen-bond acceptors (Lipinski definition) is 2. The van der Waals surface area contributed by atoms with Gasteiger partial charge in [0.2, 0.25) is 0 Å². The number of rotatable bonds is 1. The molecule has 33 valence electrons. The fourth-order valence-electron chi connectivity index (χ4n) is 0.0791. The third-order valence-corrected chi connectivity index (χ3v) is 1.68. The zero-order valence-corrected chi connectivity index (χ0v) is 7.90. The van der Waals surface area contributed by atoms with Crippen molar-refractivity contribution in [2.45, 2.75) is 6.92 Å². The minimum absolute atomic E-state index is 0.753. The molecule has 0 rings (SSSR count). The summed E-state index contributed by atoms with van der Waals surface area (Å²) in [6.45, 7) is 2.87. The van der Waals surface area contributed by atoms with E-state index in [-0.39, 0.29) is 0 Å². The molecule has 2 N–H and O–H groups in total. The van der Waals surface area contributed by atoms with Crippen LogP contribution in [-0.4, -0.2) is 11.6 Å². The Hall–Kier alpha value is 0.752. The van der Waals surface area contributed by atoms with Gasteiger partial charge < -0.3 is 0 Å². The number of nitrogens with zero attached hydrogens (tertiary/aromatic N) is 1. The Labute approximate surface area is 55.9 Å². The molecule has 0 aromatic rings. The molecule has 0 aromatic heterocycles. The van der Waals surface area contributed by atoms with Gasteiger partial charge in [0.05, 0.1) is 0 Å². The van der Waals surface area contributed by atoms with Crippen LogP contribution in [0.3, 0.4) is 0 Å². The molecule has 0 aliphatic rings. The van der Waals surface area contributed by atoms with Crippen molar-refractivity contribution in [3.8, 4) is 2.94 Å². The molecule has 2 nitrogen and oxygen atoms in total. The van der Waals surface area contributed by atoms with Crippen molar-refractivity contribution in [1.82, 2.24) is 5.01 Å². The molecule has 0 aliphatic heterocycles. The number of hydrazine groups is 1. The third kappa shape index (κ3) is 2.96. The number of hydrogen-bond donors (Lipinski definition) is 1. The molecule has 0 saturated heterocycles. The zero-order chi connectivity index (χ0) is 4.99. The predicted octanol–water partition coefficient (Wildman–Crippen LogP) is -0.352. The Kier molecular flexibility index (Phi) is 4.42. The summed E-state index contributed by atoms with van der Waals surface area (Å²) in [5.41, 5.74) is 0. The summed E-state index contributed by atoms with van der Waals surface area (Å²) in [5, 5.41) is 1.57. The van der Waals surface area contributed by atoms with Gasteiger partial charge in [0, 0.05) is 0 Å². The van der Waals surface area contributed by atoms with Crippen molar-refractivity contribution in [2.24, 2.45) is 5.84 Å². The molecule has 6 heavy (non-hydrogen) atoms. The zero-order valence-electron chi connectivity index (χ0n) is 3.73. The van der Waals surface area contributed by atoms with Crippen molar-refractivity contribution in [3.05, 3.63) is 0 Å². The van der Waals surface area contributed by atoms with Crippen LogP contribution >= 0.6 is 0 Å². The Morgan fingerprint density at radius 2 is 2.50 bits per heavy atom. The summed E-state index contributed by atoms with van der Waals surface area (Å²) in [5.74, 6) is 5.24. The molecule has 0 spiro atoms. The summed E-state index contributed by atoms with van der Waals surface area (Å²) >= 11 is 0.753. The van der Waals surface area contributed by atoms with E-state index in [0.717, 1.165) is 35.2 Å². The van der Waals surface area contributed by atoms with Gasteiger partial charge in [0.1, 0.15) is 0 Å². The normalized spacial score (nSPS) is 8.83. The fraction of sp³-hybridized carbons (Fsp3) is 0.667. The quantitative estimate of drug-likeness (QED) is 0.407. The molecule has 0 aromatic carbocycles. The first kappa shape index (κ1) is 6.75. The van der Waals surface area contributed by atoms with Crippen molar-refractivity contribution in [2.75, 3.05) is 6.54 Å². The van der Waals surface area contributed by atoms with E-state index in [9.17, 15) is 0 Å². The Morgan fingerprint density at radius 3 is 2.50 bits per heavy atom. The summed E-state index contributed by atoms with van der Waals surface area (Å²) in [7, 11) is 0. The van der Waals surface area contributed by atoms with E-state index in [1.807, 2.05) is 6.92 Å². The predicted molar refractivity (Wildman–Crippen MR) is 20.5 cm³/mol. The van der Waals surface area contributed by atoms with Crippen molar-refractivity contribution in [3.63, 3.8) is 0 Å². The summed E-state index contributed by atoms with van der Waals surface area (Å²) in [6.07, 6.45) is 0. The van der Waals surface area contributed by atoms with Crippen LogP contribution in [0.4, 0.5) is 0 Å². The topological polar surface area (TPSA) is 29.3 Å². The van der Waals surface area contributed by atoms with Gasteiger partial charge in [-0.2, -0.15) is 0 Å². The first-order valence-electron chi connectivity index (χ1n) is 1.76. The van der Waals surface area contributed by atoms with Crippen molar-refractivity contribution in [1.29, 1.82) is 0 Å². The molecule has 0 fully saturated rings. The van der Waals surface area contributed by atoms with Crippen LogP contribution in [-0.2, 0) is 0 Å². The van der Waals surface area contributed by atoms with Gasteiger partial charge in [-0.1, -0.05) is 0 Å². The van der Waals surface area contributed by atoms with E-state index in [1.165, 1.54) is 0 Å². The Bertz CT molecular complexity index is 65.7. The van der Waals surface area contributed by atoms with Crippen LogP contribution in [0.15, 0.2) is 0 Å². The molecular weight excluding hydrogens is 302 g/mol. The second kappa shape index (κ2) is 3.93. The van der Waals surface area contributed by atoms with E-state index in [0.29, 0.717) is 0 Å². The second-order valence-electron chi connectivity index (χ2n) is 0.898. The van der Waals surface area contributed by atoms with Crippen LogP contribution in [0.2, 0.25) is 0 Å². The standard InChI is InChI=1S/C3H7N2.U/c1-3-5(2)4;/h3-4H2,1H3;. The molecule has 0 radical (unpaired) electrons. The van der Waals surface area contributed by atoms with Crippen LogP contribution < -0.4 is 5.84 Å². The van der Waals surface area contributed by atoms with Crippen molar-refractivity contribution >= 4 is 0 Å². The van der Waals surface area contributed by atoms with Gasteiger partial charge in [-0.25, -0.2) is 0 Å². The van der Waals surface area contributed by atoms with Gasteiger partial charge in [0.25, 0.3) is 0 Å². The summed E-state index contributed by atoms with van der Waals surface area (Å²) < 4.78 is 2.89. The maximum absolute atomic E-state index is 5.24. The van der Waals surface area contributed by atoms with E-state index < -0.39 is 0 Å². The van der Waals surface area contributed by atoms with Gasteiger partial charge in [-0.15, -0.1) is 0 Å². The molecule has 0 heterocycles. The van der Waals surface area contributed by atoms with Gasteiger partial charge in [-0.05, 0) is 0 Å².